The van der Waals surface area contributed by atoms with E-state index in [1.54, 1.807) is 31.2 Å². The standard InChI is InChI=1S/C15H17N3O5/c1-2-3-5-10(15(20)21)16-12(19)7-8-13-17-14(18-23-13)11-6-4-9-22-11/h2-4,6,9-10H,5,7-8H2,1H3,(H,16,19)(H,20,21)/b3-2+. The Labute approximate surface area is 132 Å². The summed E-state index contributed by atoms with van der Waals surface area (Å²) >= 11 is 0. The summed E-state index contributed by atoms with van der Waals surface area (Å²) in [7, 11) is 0. The van der Waals surface area contributed by atoms with Crippen LogP contribution >= 0.6 is 0 Å². The molecule has 2 rings (SSSR count). The minimum atomic E-state index is -1.07. The molecular weight excluding hydrogens is 302 g/mol. The van der Waals surface area contributed by atoms with Crippen LogP contribution in [-0.2, 0) is 16.0 Å². The number of nitrogens with one attached hydrogen (secondary N) is 1. The molecule has 2 N–H and O–H groups in total. The molecule has 8 nitrogen and oxygen atoms in total. The van der Waals surface area contributed by atoms with Gasteiger partial charge in [-0.3, -0.25) is 4.79 Å². The third kappa shape index (κ3) is 4.80. The van der Waals surface area contributed by atoms with Crippen molar-refractivity contribution in [3.05, 3.63) is 36.4 Å². The first-order chi connectivity index (χ1) is 11.1. The van der Waals surface area contributed by atoms with Gasteiger partial charge in [0, 0.05) is 12.8 Å². The molecule has 2 aromatic heterocycles. The third-order valence-corrected chi connectivity index (χ3v) is 3.02. The Kier molecular flexibility index (Phi) is 5.67. The van der Waals surface area contributed by atoms with Crippen molar-refractivity contribution in [3.63, 3.8) is 0 Å². The van der Waals surface area contributed by atoms with Gasteiger partial charge in [0.25, 0.3) is 0 Å². The number of rotatable bonds is 8. The van der Waals surface area contributed by atoms with E-state index in [0.717, 1.165) is 0 Å². The molecule has 0 radical (unpaired) electrons. The van der Waals surface area contributed by atoms with E-state index in [1.807, 2.05) is 0 Å². The summed E-state index contributed by atoms with van der Waals surface area (Å²) in [6.07, 6.45) is 5.43. The monoisotopic (exact) mass is 319 g/mol. The summed E-state index contributed by atoms with van der Waals surface area (Å²) < 4.78 is 10.2. The maximum absolute atomic E-state index is 11.8. The minimum absolute atomic E-state index is 0.0550. The van der Waals surface area contributed by atoms with Gasteiger partial charge in [0.15, 0.2) is 5.76 Å². The van der Waals surface area contributed by atoms with Crippen LogP contribution in [-0.4, -0.2) is 33.2 Å². The highest BCUT2D eigenvalue weighted by Gasteiger charge is 2.19. The lowest BCUT2D eigenvalue weighted by atomic mass is 10.2. The van der Waals surface area contributed by atoms with Gasteiger partial charge in [-0.2, -0.15) is 4.98 Å². The van der Waals surface area contributed by atoms with Crippen molar-refractivity contribution >= 4 is 11.9 Å². The second-order valence-corrected chi connectivity index (χ2v) is 4.75. The first kappa shape index (κ1) is 16.5. The highest BCUT2D eigenvalue weighted by atomic mass is 16.5. The van der Waals surface area contributed by atoms with E-state index in [-0.39, 0.29) is 31.1 Å². The Morgan fingerprint density at radius 2 is 2.30 bits per heavy atom. The average Bonchev–Trinajstić information content (AvgIpc) is 3.19. The van der Waals surface area contributed by atoms with Gasteiger partial charge < -0.3 is 19.4 Å². The van der Waals surface area contributed by atoms with Gasteiger partial charge in [-0.1, -0.05) is 17.3 Å². The van der Waals surface area contributed by atoms with Crippen LogP contribution in [0.25, 0.3) is 11.6 Å². The van der Waals surface area contributed by atoms with Crippen molar-refractivity contribution in [3.8, 4) is 11.6 Å². The lowest BCUT2D eigenvalue weighted by Crippen LogP contribution is -2.40. The summed E-state index contributed by atoms with van der Waals surface area (Å²) in [5.74, 6) is -0.399. The molecule has 1 unspecified atom stereocenters. The highest BCUT2D eigenvalue weighted by molar-refractivity contribution is 5.83. The van der Waals surface area contributed by atoms with E-state index in [0.29, 0.717) is 11.6 Å². The molecular formula is C15H17N3O5. The van der Waals surface area contributed by atoms with E-state index >= 15 is 0 Å². The molecule has 8 heteroatoms. The number of aromatic nitrogens is 2. The fourth-order valence-corrected chi connectivity index (χ4v) is 1.84. The summed E-state index contributed by atoms with van der Waals surface area (Å²) in [5.41, 5.74) is 0. The summed E-state index contributed by atoms with van der Waals surface area (Å²) in [4.78, 5) is 27.0. The first-order valence-electron chi connectivity index (χ1n) is 7.10. The fourth-order valence-electron chi connectivity index (χ4n) is 1.84. The summed E-state index contributed by atoms with van der Waals surface area (Å²) in [5, 5.41) is 15.3. The van der Waals surface area contributed by atoms with Crippen molar-refractivity contribution in [1.82, 2.24) is 15.5 Å². The lowest BCUT2D eigenvalue weighted by molar-refractivity contribution is -0.141. The zero-order valence-corrected chi connectivity index (χ0v) is 12.6. The molecule has 2 heterocycles. The smallest absolute Gasteiger partial charge is 0.326 e. The largest absolute Gasteiger partial charge is 0.480 e. The molecule has 122 valence electrons. The van der Waals surface area contributed by atoms with Crippen molar-refractivity contribution in [1.29, 1.82) is 0 Å². The van der Waals surface area contributed by atoms with E-state index in [9.17, 15) is 9.59 Å². The number of carbonyl (C=O) groups is 2. The number of carboxylic acids is 1. The van der Waals surface area contributed by atoms with Gasteiger partial charge in [0.2, 0.25) is 17.6 Å². The number of aliphatic carboxylic acids is 1. The number of allylic oxidation sites excluding steroid dienone is 1. The Hall–Kier alpha value is -2.90. The van der Waals surface area contributed by atoms with Crippen molar-refractivity contribution in [2.75, 3.05) is 0 Å². The molecule has 0 fully saturated rings. The molecule has 0 aliphatic carbocycles. The van der Waals surface area contributed by atoms with Crippen LogP contribution in [0.4, 0.5) is 0 Å². The molecule has 0 saturated carbocycles. The van der Waals surface area contributed by atoms with Crippen LogP contribution in [0.15, 0.2) is 39.5 Å². The van der Waals surface area contributed by atoms with Crippen LogP contribution in [0, 0.1) is 0 Å². The number of nitrogens with zero attached hydrogens (tertiary/aromatic N) is 2. The lowest BCUT2D eigenvalue weighted by Gasteiger charge is -2.11. The van der Waals surface area contributed by atoms with Gasteiger partial charge in [-0.25, -0.2) is 4.79 Å². The number of furan rings is 1. The molecule has 0 aromatic carbocycles. The van der Waals surface area contributed by atoms with Gasteiger partial charge in [0.05, 0.1) is 6.26 Å². The third-order valence-electron chi connectivity index (χ3n) is 3.02. The second kappa shape index (κ2) is 7.92. The molecule has 0 saturated heterocycles. The van der Waals surface area contributed by atoms with Crippen molar-refractivity contribution in [2.45, 2.75) is 32.2 Å². The minimum Gasteiger partial charge on any atom is -0.480 e. The number of carbonyl (C=O) groups excluding carboxylic acids is 1. The Morgan fingerprint density at radius 3 is 2.96 bits per heavy atom. The van der Waals surface area contributed by atoms with Crippen LogP contribution in [0.5, 0.6) is 0 Å². The zero-order chi connectivity index (χ0) is 16.7. The Morgan fingerprint density at radius 1 is 1.48 bits per heavy atom. The predicted molar refractivity (Wildman–Crippen MR) is 79.3 cm³/mol. The van der Waals surface area contributed by atoms with Gasteiger partial charge in [-0.15, -0.1) is 0 Å². The number of aryl methyl sites for hydroxylation is 1. The number of hydrogen-bond donors (Lipinski definition) is 2. The predicted octanol–water partition coefficient (Wildman–Crippen LogP) is 1.80. The van der Waals surface area contributed by atoms with E-state index in [1.165, 1.54) is 6.26 Å². The van der Waals surface area contributed by atoms with Gasteiger partial charge in [-0.05, 0) is 25.5 Å². The number of hydrogen-bond acceptors (Lipinski definition) is 6. The quantitative estimate of drug-likeness (QED) is 0.712. The van der Waals surface area contributed by atoms with Crippen LogP contribution in [0.1, 0.15) is 25.7 Å². The zero-order valence-electron chi connectivity index (χ0n) is 12.6. The average molecular weight is 319 g/mol. The molecule has 1 amide bonds. The van der Waals surface area contributed by atoms with Crippen LogP contribution in [0.2, 0.25) is 0 Å². The van der Waals surface area contributed by atoms with E-state index in [2.05, 4.69) is 15.5 Å². The Balaban J connectivity index is 1.85. The second-order valence-electron chi connectivity index (χ2n) is 4.75. The van der Waals surface area contributed by atoms with Gasteiger partial charge >= 0.3 is 5.97 Å². The molecule has 0 aliphatic heterocycles. The van der Waals surface area contributed by atoms with Crippen molar-refractivity contribution in [2.24, 2.45) is 0 Å². The summed E-state index contributed by atoms with van der Waals surface area (Å²) in [6, 6.07) is 2.45. The normalized spacial score (nSPS) is 12.4. The Bertz CT molecular complexity index is 675. The van der Waals surface area contributed by atoms with Gasteiger partial charge in [0.1, 0.15) is 6.04 Å². The van der Waals surface area contributed by atoms with E-state index < -0.39 is 12.0 Å². The topological polar surface area (TPSA) is 118 Å². The SMILES string of the molecule is C/C=C/CC(NC(=O)CCc1nc(-c2ccco2)no1)C(=O)O. The van der Waals surface area contributed by atoms with Crippen LogP contribution < -0.4 is 5.32 Å². The fraction of sp³-hybridized carbons (Fsp3) is 0.333. The molecule has 0 bridgehead atoms. The van der Waals surface area contributed by atoms with E-state index in [4.69, 9.17) is 14.0 Å². The molecule has 23 heavy (non-hydrogen) atoms. The number of carboxylic acid groups (broad SMARTS) is 1. The first-order valence-corrected chi connectivity index (χ1v) is 7.10. The maximum Gasteiger partial charge on any atom is 0.326 e. The number of amides is 1. The summed E-state index contributed by atoms with van der Waals surface area (Å²) in [6.45, 7) is 1.78. The molecule has 2 aromatic rings. The van der Waals surface area contributed by atoms with Crippen molar-refractivity contribution < 1.29 is 23.6 Å². The molecule has 1 atom stereocenters. The van der Waals surface area contributed by atoms with Crippen LogP contribution in [0.3, 0.4) is 0 Å². The molecule has 0 aliphatic rings. The molecule has 0 spiro atoms. The highest BCUT2D eigenvalue weighted by Crippen LogP contribution is 2.16. The maximum atomic E-state index is 11.8.